The van der Waals surface area contributed by atoms with Crippen molar-refractivity contribution in [2.24, 2.45) is 5.92 Å². The summed E-state index contributed by atoms with van der Waals surface area (Å²) < 4.78 is 0. The first-order chi connectivity index (χ1) is 12.8. The molecule has 146 valence electrons. The second-order valence-corrected chi connectivity index (χ2v) is 8.14. The Hall–Kier alpha value is -2.51. The van der Waals surface area contributed by atoms with Crippen molar-refractivity contribution >= 4 is 17.7 Å². The fraction of sp³-hybridized carbons (Fsp3) is 0.632. The molecule has 1 atom stereocenters. The quantitative estimate of drug-likeness (QED) is 0.765. The predicted octanol–water partition coefficient (Wildman–Crippen LogP) is 0.798. The number of carbonyl (C=O) groups is 3. The smallest absolute Gasteiger partial charge is 0.274 e. The Morgan fingerprint density at radius 1 is 1.07 bits per heavy atom. The van der Waals surface area contributed by atoms with Gasteiger partial charge in [-0.3, -0.25) is 19.4 Å². The highest BCUT2D eigenvalue weighted by Crippen LogP contribution is 2.27. The standard InChI is InChI=1S/C19H27N5O3/c1-19(2,3)24-13-14(11-16(24)25)17(26)22-7-4-8-23(10-9-22)18(27)15-12-20-5-6-21-15/h5-6,12,14H,4,7-11,13H2,1-3H3. The van der Waals surface area contributed by atoms with Crippen molar-refractivity contribution in [3.8, 4) is 0 Å². The summed E-state index contributed by atoms with van der Waals surface area (Å²) in [6.45, 7) is 8.55. The Labute approximate surface area is 159 Å². The van der Waals surface area contributed by atoms with E-state index in [4.69, 9.17) is 0 Å². The highest BCUT2D eigenvalue weighted by atomic mass is 16.2. The highest BCUT2D eigenvalue weighted by molar-refractivity contribution is 5.92. The van der Waals surface area contributed by atoms with Gasteiger partial charge in [-0.25, -0.2) is 4.98 Å². The molecule has 0 saturated carbocycles. The molecule has 0 N–H and O–H groups in total. The van der Waals surface area contributed by atoms with Crippen molar-refractivity contribution in [1.82, 2.24) is 24.7 Å². The summed E-state index contributed by atoms with van der Waals surface area (Å²) in [4.78, 5) is 51.1. The number of likely N-dealkylation sites (tertiary alicyclic amines) is 1. The zero-order valence-electron chi connectivity index (χ0n) is 16.2. The van der Waals surface area contributed by atoms with E-state index >= 15 is 0 Å². The van der Waals surface area contributed by atoms with Crippen molar-refractivity contribution in [2.45, 2.75) is 39.2 Å². The van der Waals surface area contributed by atoms with E-state index in [1.54, 1.807) is 14.7 Å². The maximum absolute atomic E-state index is 12.9. The Morgan fingerprint density at radius 3 is 2.41 bits per heavy atom. The normalized spacial score (nSPS) is 21.4. The molecule has 2 fully saturated rings. The van der Waals surface area contributed by atoms with Crippen LogP contribution in [0.4, 0.5) is 0 Å². The van der Waals surface area contributed by atoms with E-state index in [1.807, 2.05) is 20.8 Å². The van der Waals surface area contributed by atoms with Crippen LogP contribution in [0.1, 0.15) is 44.1 Å². The van der Waals surface area contributed by atoms with Crippen LogP contribution in [0, 0.1) is 5.92 Å². The second-order valence-electron chi connectivity index (χ2n) is 8.14. The Bertz CT molecular complexity index is 716. The Morgan fingerprint density at radius 2 is 1.78 bits per heavy atom. The minimum atomic E-state index is -0.293. The summed E-state index contributed by atoms with van der Waals surface area (Å²) in [6, 6.07) is 0. The monoisotopic (exact) mass is 373 g/mol. The molecule has 0 radical (unpaired) electrons. The summed E-state index contributed by atoms with van der Waals surface area (Å²) in [5.74, 6) is -0.398. The van der Waals surface area contributed by atoms with Crippen LogP contribution >= 0.6 is 0 Å². The lowest BCUT2D eigenvalue weighted by Crippen LogP contribution is -2.44. The molecule has 1 aromatic heterocycles. The van der Waals surface area contributed by atoms with E-state index < -0.39 is 0 Å². The molecular weight excluding hydrogens is 346 g/mol. The molecule has 3 amide bonds. The number of nitrogens with zero attached hydrogens (tertiary/aromatic N) is 5. The summed E-state index contributed by atoms with van der Waals surface area (Å²) in [5.41, 5.74) is 0.0460. The van der Waals surface area contributed by atoms with Gasteiger partial charge in [0.15, 0.2) is 0 Å². The largest absolute Gasteiger partial charge is 0.341 e. The number of aromatic nitrogens is 2. The molecule has 3 heterocycles. The first kappa shape index (κ1) is 19.3. The zero-order valence-corrected chi connectivity index (χ0v) is 16.2. The van der Waals surface area contributed by atoms with Crippen LogP contribution in [0.5, 0.6) is 0 Å². The van der Waals surface area contributed by atoms with Gasteiger partial charge in [-0.2, -0.15) is 0 Å². The minimum Gasteiger partial charge on any atom is -0.341 e. The van der Waals surface area contributed by atoms with Gasteiger partial charge in [-0.1, -0.05) is 0 Å². The van der Waals surface area contributed by atoms with E-state index in [0.717, 1.165) is 0 Å². The van der Waals surface area contributed by atoms with E-state index in [0.29, 0.717) is 44.8 Å². The number of hydrogen-bond acceptors (Lipinski definition) is 5. The first-order valence-electron chi connectivity index (χ1n) is 9.42. The number of amides is 3. The summed E-state index contributed by atoms with van der Waals surface area (Å²) in [6.07, 6.45) is 5.47. The maximum Gasteiger partial charge on any atom is 0.274 e. The molecule has 1 aromatic rings. The van der Waals surface area contributed by atoms with E-state index in [2.05, 4.69) is 9.97 Å². The van der Waals surface area contributed by atoms with Gasteiger partial charge in [0.25, 0.3) is 5.91 Å². The van der Waals surface area contributed by atoms with Gasteiger partial charge in [-0.05, 0) is 27.2 Å². The van der Waals surface area contributed by atoms with Crippen LogP contribution in [-0.2, 0) is 9.59 Å². The first-order valence-corrected chi connectivity index (χ1v) is 9.42. The molecule has 1 unspecified atom stereocenters. The molecule has 0 spiro atoms. The van der Waals surface area contributed by atoms with Crippen LogP contribution in [0.3, 0.4) is 0 Å². The van der Waals surface area contributed by atoms with Crippen LogP contribution in [0.15, 0.2) is 18.6 Å². The predicted molar refractivity (Wildman–Crippen MR) is 98.7 cm³/mol. The summed E-state index contributed by atoms with van der Waals surface area (Å²) in [5, 5.41) is 0. The van der Waals surface area contributed by atoms with E-state index in [-0.39, 0.29) is 35.6 Å². The molecule has 0 aliphatic carbocycles. The summed E-state index contributed by atoms with van der Waals surface area (Å²) in [7, 11) is 0. The average molecular weight is 373 g/mol. The Balaban J connectivity index is 1.60. The van der Waals surface area contributed by atoms with Crippen molar-refractivity contribution in [3.05, 3.63) is 24.3 Å². The fourth-order valence-electron chi connectivity index (χ4n) is 3.69. The van der Waals surface area contributed by atoms with Crippen molar-refractivity contribution < 1.29 is 14.4 Å². The van der Waals surface area contributed by atoms with Gasteiger partial charge in [-0.15, -0.1) is 0 Å². The Kier molecular flexibility index (Phi) is 5.43. The SMILES string of the molecule is CC(C)(C)N1CC(C(=O)N2CCCN(C(=O)c3cnccn3)CC2)CC1=O. The van der Waals surface area contributed by atoms with E-state index in [1.165, 1.54) is 18.6 Å². The fourth-order valence-corrected chi connectivity index (χ4v) is 3.69. The molecule has 27 heavy (non-hydrogen) atoms. The zero-order chi connectivity index (χ0) is 19.6. The van der Waals surface area contributed by atoms with Crippen LogP contribution in [0.2, 0.25) is 0 Å². The molecule has 8 heteroatoms. The van der Waals surface area contributed by atoms with Crippen molar-refractivity contribution in [1.29, 1.82) is 0 Å². The molecule has 2 aliphatic rings. The molecular formula is C19H27N5O3. The minimum absolute atomic E-state index is 0.0175. The number of hydrogen-bond donors (Lipinski definition) is 0. The summed E-state index contributed by atoms with van der Waals surface area (Å²) >= 11 is 0. The lowest BCUT2D eigenvalue weighted by atomic mass is 10.1. The van der Waals surface area contributed by atoms with Gasteiger partial charge in [0.1, 0.15) is 5.69 Å². The average Bonchev–Trinajstić information content (AvgIpc) is 2.88. The van der Waals surface area contributed by atoms with Gasteiger partial charge in [0.2, 0.25) is 11.8 Å². The number of carbonyl (C=O) groups excluding carboxylic acids is 3. The lowest BCUT2D eigenvalue weighted by molar-refractivity contribution is -0.135. The van der Waals surface area contributed by atoms with Crippen molar-refractivity contribution in [2.75, 3.05) is 32.7 Å². The van der Waals surface area contributed by atoms with E-state index in [9.17, 15) is 14.4 Å². The third kappa shape index (κ3) is 4.26. The third-order valence-corrected chi connectivity index (χ3v) is 5.16. The van der Waals surface area contributed by atoms with Crippen LogP contribution in [0.25, 0.3) is 0 Å². The highest BCUT2D eigenvalue weighted by Gasteiger charge is 2.41. The van der Waals surface area contributed by atoms with Crippen LogP contribution < -0.4 is 0 Å². The van der Waals surface area contributed by atoms with Gasteiger partial charge < -0.3 is 14.7 Å². The molecule has 0 aromatic carbocycles. The van der Waals surface area contributed by atoms with Gasteiger partial charge >= 0.3 is 0 Å². The molecule has 3 rings (SSSR count). The van der Waals surface area contributed by atoms with Gasteiger partial charge in [0.05, 0.1) is 12.1 Å². The number of rotatable bonds is 2. The molecule has 0 bridgehead atoms. The third-order valence-electron chi connectivity index (χ3n) is 5.16. The topological polar surface area (TPSA) is 86.7 Å². The van der Waals surface area contributed by atoms with Crippen LogP contribution in [-0.4, -0.2) is 80.7 Å². The molecule has 2 aliphatic heterocycles. The van der Waals surface area contributed by atoms with Crippen molar-refractivity contribution in [3.63, 3.8) is 0 Å². The lowest BCUT2D eigenvalue weighted by Gasteiger charge is -2.32. The maximum atomic E-state index is 12.9. The molecule has 8 nitrogen and oxygen atoms in total. The second kappa shape index (κ2) is 7.62. The van der Waals surface area contributed by atoms with Gasteiger partial charge in [0, 0.05) is 57.1 Å². The molecule has 2 saturated heterocycles.